The van der Waals surface area contributed by atoms with E-state index >= 15 is 0 Å². The number of imidazole rings is 1. The minimum Gasteiger partial charge on any atom is -0.369 e. The number of piperazine rings is 1. The van der Waals surface area contributed by atoms with Crippen LogP contribution in [0, 0.1) is 0 Å². The predicted octanol–water partition coefficient (Wildman–Crippen LogP) is 2.19. The molecule has 2 aliphatic rings. The lowest BCUT2D eigenvalue weighted by atomic mass is 10.1. The maximum atomic E-state index is 12.8. The van der Waals surface area contributed by atoms with E-state index in [9.17, 15) is 4.79 Å². The van der Waals surface area contributed by atoms with Gasteiger partial charge in [-0.05, 0) is 50.7 Å². The molecule has 0 bridgehead atoms. The SMILES string of the molecule is CN1CCN(c2ccc(NC(=O)CN3CCC[C@H]3c3cncc(-n4ccnc4)n3)cc2)CC1. The summed E-state index contributed by atoms with van der Waals surface area (Å²) in [4.78, 5) is 33.0. The largest absolute Gasteiger partial charge is 0.369 e. The van der Waals surface area contributed by atoms with E-state index in [0.29, 0.717) is 6.54 Å². The number of likely N-dealkylation sites (N-methyl/N-ethyl adjacent to an activating group) is 1. The Balaban J connectivity index is 1.20. The summed E-state index contributed by atoms with van der Waals surface area (Å²) in [6, 6.07) is 8.26. The molecule has 9 heteroatoms. The van der Waals surface area contributed by atoms with Gasteiger partial charge in [0.2, 0.25) is 5.91 Å². The van der Waals surface area contributed by atoms with E-state index in [1.807, 2.05) is 22.9 Å². The van der Waals surface area contributed by atoms with Gasteiger partial charge in [0, 0.05) is 49.9 Å². The molecule has 2 aliphatic heterocycles. The molecule has 2 aromatic heterocycles. The third-order valence-corrected chi connectivity index (χ3v) is 6.48. The molecule has 9 nitrogen and oxygen atoms in total. The van der Waals surface area contributed by atoms with Crippen LogP contribution in [0.3, 0.4) is 0 Å². The summed E-state index contributed by atoms with van der Waals surface area (Å²) in [5.74, 6) is 0.731. The van der Waals surface area contributed by atoms with Crippen molar-refractivity contribution in [2.75, 3.05) is 56.5 Å². The molecule has 2 fully saturated rings. The number of hydrogen-bond acceptors (Lipinski definition) is 7. The number of benzene rings is 1. The van der Waals surface area contributed by atoms with Crippen molar-refractivity contribution in [2.24, 2.45) is 0 Å². The Labute approximate surface area is 194 Å². The molecule has 5 rings (SSSR count). The van der Waals surface area contributed by atoms with Gasteiger partial charge in [-0.15, -0.1) is 0 Å². The van der Waals surface area contributed by atoms with Gasteiger partial charge in [0.25, 0.3) is 0 Å². The second kappa shape index (κ2) is 9.68. The molecular formula is C24H30N8O. The highest BCUT2D eigenvalue weighted by molar-refractivity contribution is 5.92. The zero-order valence-electron chi connectivity index (χ0n) is 19.0. The van der Waals surface area contributed by atoms with E-state index in [-0.39, 0.29) is 11.9 Å². The average molecular weight is 447 g/mol. The number of carbonyl (C=O) groups excluding carboxylic acids is 1. The minimum absolute atomic E-state index is 0.00651. The smallest absolute Gasteiger partial charge is 0.238 e. The molecule has 0 saturated carbocycles. The molecule has 0 unspecified atom stereocenters. The lowest BCUT2D eigenvalue weighted by molar-refractivity contribution is -0.117. The fourth-order valence-electron chi connectivity index (χ4n) is 4.61. The fraction of sp³-hybridized carbons (Fsp3) is 0.417. The molecule has 1 N–H and O–H groups in total. The zero-order valence-corrected chi connectivity index (χ0v) is 19.0. The summed E-state index contributed by atoms with van der Waals surface area (Å²) in [5, 5.41) is 3.06. The maximum Gasteiger partial charge on any atom is 0.238 e. The standard InChI is InChI=1S/C24H30N8O/c1-29-11-13-30(14-12-29)20-6-4-19(5-7-20)27-24(33)17-31-9-2-3-22(31)21-15-26-16-23(28-21)32-10-8-25-18-32/h4-8,10,15-16,18,22H,2-3,9,11-14,17H2,1H3,(H,27,33)/t22-/m0/s1. The van der Waals surface area contributed by atoms with Crippen molar-refractivity contribution in [3.63, 3.8) is 0 Å². The van der Waals surface area contributed by atoms with Gasteiger partial charge in [-0.3, -0.25) is 19.2 Å². The van der Waals surface area contributed by atoms with E-state index in [0.717, 1.165) is 62.8 Å². The fourth-order valence-corrected chi connectivity index (χ4v) is 4.61. The van der Waals surface area contributed by atoms with E-state index < -0.39 is 0 Å². The number of rotatable bonds is 6. The number of nitrogens with one attached hydrogen (secondary N) is 1. The zero-order chi connectivity index (χ0) is 22.6. The van der Waals surface area contributed by atoms with Gasteiger partial charge < -0.3 is 15.1 Å². The van der Waals surface area contributed by atoms with Crippen LogP contribution in [-0.4, -0.2) is 81.5 Å². The van der Waals surface area contributed by atoms with Gasteiger partial charge in [0.15, 0.2) is 5.82 Å². The Kier molecular flexibility index (Phi) is 6.32. The normalized spacial score (nSPS) is 19.7. The highest BCUT2D eigenvalue weighted by Gasteiger charge is 2.29. The van der Waals surface area contributed by atoms with Crippen molar-refractivity contribution in [1.29, 1.82) is 0 Å². The summed E-state index contributed by atoms with van der Waals surface area (Å²) in [5.41, 5.74) is 2.93. The molecule has 1 aromatic carbocycles. The molecule has 4 heterocycles. The minimum atomic E-state index is -0.00651. The van der Waals surface area contributed by atoms with Crippen molar-refractivity contribution in [3.8, 4) is 5.82 Å². The summed E-state index contributed by atoms with van der Waals surface area (Å²) in [6.45, 7) is 5.42. The number of hydrogen-bond donors (Lipinski definition) is 1. The number of amides is 1. The molecule has 1 amide bonds. The van der Waals surface area contributed by atoms with E-state index in [1.165, 1.54) is 5.69 Å². The molecular weight excluding hydrogens is 416 g/mol. The van der Waals surface area contributed by atoms with Gasteiger partial charge >= 0.3 is 0 Å². The van der Waals surface area contributed by atoms with Gasteiger partial charge in [-0.25, -0.2) is 9.97 Å². The third kappa shape index (κ3) is 5.04. The molecule has 33 heavy (non-hydrogen) atoms. The predicted molar refractivity (Wildman–Crippen MR) is 127 cm³/mol. The van der Waals surface area contributed by atoms with Crippen molar-refractivity contribution in [2.45, 2.75) is 18.9 Å². The number of anilines is 2. The first-order chi connectivity index (χ1) is 16.2. The van der Waals surface area contributed by atoms with Crippen LogP contribution in [-0.2, 0) is 4.79 Å². The number of nitrogens with zero attached hydrogens (tertiary/aromatic N) is 7. The summed E-state index contributed by atoms with van der Waals surface area (Å²) < 4.78 is 1.84. The van der Waals surface area contributed by atoms with Gasteiger partial charge in [0.05, 0.1) is 30.7 Å². The monoisotopic (exact) mass is 446 g/mol. The summed E-state index contributed by atoms with van der Waals surface area (Å²) >= 11 is 0. The number of carbonyl (C=O) groups is 1. The first kappa shape index (κ1) is 21.5. The molecule has 1 atom stereocenters. The number of aromatic nitrogens is 4. The van der Waals surface area contributed by atoms with Gasteiger partial charge in [-0.2, -0.15) is 0 Å². The van der Waals surface area contributed by atoms with Gasteiger partial charge in [0.1, 0.15) is 6.33 Å². The van der Waals surface area contributed by atoms with Crippen LogP contribution in [0.1, 0.15) is 24.6 Å². The molecule has 2 saturated heterocycles. The topological polar surface area (TPSA) is 82.4 Å². The lowest BCUT2D eigenvalue weighted by Crippen LogP contribution is -2.44. The quantitative estimate of drug-likeness (QED) is 0.622. The third-order valence-electron chi connectivity index (χ3n) is 6.48. The van der Waals surface area contributed by atoms with Crippen molar-refractivity contribution >= 4 is 17.3 Å². The van der Waals surface area contributed by atoms with Gasteiger partial charge in [-0.1, -0.05) is 0 Å². The molecule has 0 radical (unpaired) electrons. The van der Waals surface area contributed by atoms with Crippen LogP contribution in [0.4, 0.5) is 11.4 Å². The second-order valence-electron chi connectivity index (χ2n) is 8.79. The van der Waals surface area contributed by atoms with Crippen LogP contribution < -0.4 is 10.2 Å². The highest BCUT2D eigenvalue weighted by Crippen LogP contribution is 2.30. The van der Waals surface area contributed by atoms with Crippen LogP contribution in [0.2, 0.25) is 0 Å². The second-order valence-corrected chi connectivity index (χ2v) is 8.79. The van der Waals surface area contributed by atoms with Crippen LogP contribution in [0.5, 0.6) is 0 Å². The van der Waals surface area contributed by atoms with Crippen molar-refractivity contribution < 1.29 is 4.79 Å². The molecule has 0 aliphatic carbocycles. The van der Waals surface area contributed by atoms with Crippen LogP contribution >= 0.6 is 0 Å². The molecule has 172 valence electrons. The Hall–Kier alpha value is -3.30. The van der Waals surface area contributed by atoms with Crippen LogP contribution in [0.25, 0.3) is 5.82 Å². The lowest BCUT2D eigenvalue weighted by Gasteiger charge is -2.34. The van der Waals surface area contributed by atoms with E-state index in [1.54, 1.807) is 24.9 Å². The summed E-state index contributed by atoms with van der Waals surface area (Å²) in [7, 11) is 2.16. The van der Waals surface area contributed by atoms with E-state index in [4.69, 9.17) is 4.98 Å². The number of likely N-dealkylation sites (tertiary alicyclic amines) is 1. The van der Waals surface area contributed by atoms with Crippen molar-refractivity contribution in [3.05, 3.63) is 61.1 Å². The van der Waals surface area contributed by atoms with Crippen molar-refractivity contribution in [1.82, 2.24) is 29.3 Å². The Bertz CT molecular complexity index is 1060. The highest BCUT2D eigenvalue weighted by atomic mass is 16.2. The maximum absolute atomic E-state index is 12.8. The first-order valence-corrected chi connectivity index (χ1v) is 11.5. The molecule has 0 spiro atoms. The average Bonchev–Trinajstić information content (AvgIpc) is 3.53. The summed E-state index contributed by atoms with van der Waals surface area (Å²) in [6.07, 6.45) is 10.8. The van der Waals surface area contributed by atoms with E-state index in [2.05, 4.69) is 49.2 Å². The Morgan fingerprint density at radius 3 is 2.64 bits per heavy atom. The Morgan fingerprint density at radius 2 is 1.88 bits per heavy atom. The Morgan fingerprint density at radius 1 is 1.06 bits per heavy atom. The van der Waals surface area contributed by atoms with Crippen LogP contribution in [0.15, 0.2) is 55.4 Å². The first-order valence-electron chi connectivity index (χ1n) is 11.5. The molecule has 3 aromatic rings.